The van der Waals surface area contributed by atoms with Crippen molar-refractivity contribution in [1.82, 2.24) is 4.98 Å². The van der Waals surface area contributed by atoms with Crippen LogP contribution in [0, 0.1) is 0 Å². The van der Waals surface area contributed by atoms with Gasteiger partial charge < -0.3 is 5.11 Å². The van der Waals surface area contributed by atoms with E-state index in [4.69, 9.17) is 5.11 Å². The van der Waals surface area contributed by atoms with Crippen molar-refractivity contribution in [3.8, 4) is 0 Å². The van der Waals surface area contributed by atoms with E-state index in [0.717, 1.165) is 12.0 Å². The maximum atomic E-state index is 10.6. The summed E-state index contributed by atoms with van der Waals surface area (Å²) in [4.78, 5) is 14.5. The maximum Gasteiger partial charge on any atom is 0.354 e. The van der Waals surface area contributed by atoms with E-state index in [1.165, 1.54) is 11.6 Å². The van der Waals surface area contributed by atoms with Crippen LogP contribution in [-0.2, 0) is 6.42 Å². The van der Waals surface area contributed by atoms with Crippen LogP contribution in [0.25, 0.3) is 0 Å². The van der Waals surface area contributed by atoms with Gasteiger partial charge in [-0.1, -0.05) is 36.4 Å². The highest BCUT2D eigenvalue weighted by molar-refractivity contribution is 5.85. The summed E-state index contributed by atoms with van der Waals surface area (Å²) in [6, 6.07) is 13.3. The lowest BCUT2D eigenvalue weighted by Crippen LogP contribution is -2.00. The molecule has 0 saturated carbocycles. The van der Waals surface area contributed by atoms with Crippen molar-refractivity contribution in [3.05, 3.63) is 65.5 Å². The van der Waals surface area contributed by atoms with Crippen LogP contribution >= 0.6 is 12.4 Å². The van der Waals surface area contributed by atoms with Crippen LogP contribution in [0.4, 0.5) is 0 Å². The molecule has 0 aliphatic heterocycles. The first-order valence-electron chi connectivity index (χ1n) is 4.98. The Morgan fingerprint density at radius 3 is 2.29 bits per heavy atom. The van der Waals surface area contributed by atoms with Crippen LogP contribution in [0.15, 0.2) is 48.7 Å². The Labute approximate surface area is 106 Å². The lowest BCUT2D eigenvalue weighted by Gasteiger charge is -2.01. The lowest BCUT2D eigenvalue weighted by molar-refractivity contribution is 0.0690. The Hall–Kier alpha value is -1.87. The lowest BCUT2D eigenvalue weighted by atomic mass is 10.1. The number of carboxylic acid groups (broad SMARTS) is 1. The van der Waals surface area contributed by atoms with Crippen LogP contribution in [-0.4, -0.2) is 16.1 Å². The highest BCUT2D eigenvalue weighted by Gasteiger charge is 2.03. The Kier molecular flexibility index (Phi) is 4.67. The predicted molar refractivity (Wildman–Crippen MR) is 67.7 cm³/mol. The standard InChI is InChI=1S/C13H11NO2.ClH/c15-13(16)12-7-6-11(9-14-12)8-10-4-2-1-3-5-10;/h1-7,9H,8H2,(H,15,16);1H. The summed E-state index contributed by atoms with van der Waals surface area (Å²) in [5.74, 6) is -0.994. The normalized spacial score (nSPS) is 9.41. The Balaban J connectivity index is 0.00000144. The van der Waals surface area contributed by atoms with Gasteiger partial charge in [0.1, 0.15) is 5.69 Å². The van der Waals surface area contributed by atoms with Crippen molar-refractivity contribution in [3.63, 3.8) is 0 Å². The van der Waals surface area contributed by atoms with Gasteiger partial charge in [0.25, 0.3) is 0 Å². The van der Waals surface area contributed by atoms with Gasteiger partial charge in [0, 0.05) is 6.20 Å². The van der Waals surface area contributed by atoms with Crippen molar-refractivity contribution in [1.29, 1.82) is 0 Å². The molecule has 88 valence electrons. The molecule has 0 aliphatic carbocycles. The van der Waals surface area contributed by atoms with Gasteiger partial charge >= 0.3 is 5.97 Å². The minimum Gasteiger partial charge on any atom is -0.477 e. The topological polar surface area (TPSA) is 50.2 Å². The molecule has 0 fully saturated rings. The first kappa shape index (κ1) is 13.2. The van der Waals surface area contributed by atoms with Gasteiger partial charge in [-0.2, -0.15) is 0 Å². The molecule has 0 atom stereocenters. The monoisotopic (exact) mass is 249 g/mol. The molecule has 0 amide bonds. The third-order valence-corrected chi connectivity index (χ3v) is 2.29. The fourth-order valence-electron chi connectivity index (χ4n) is 1.49. The second kappa shape index (κ2) is 6.01. The fourth-order valence-corrected chi connectivity index (χ4v) is 1.49. The average Bonchev–Trinajstić information content (AvgIpc) is 2.31. The summed E-state index contributed by atoms with van der Waals surface area (Å²) in [5, 5.41) is 8.70. The number of hydrogen-bond acceptors (Lipinski definition) is 2. The number of carbonyl (C=O) groups is 1. The molecule has 0 aliphatic rings. The van der Waals surface area contributed by atoms with Crippen molar-refractivity contribution in [2.24, 2.45) is 0 Å². The van der Waals surface area contributed by atoms with Crippen molar-refractivity contribution in [2.75, 3.05) is 0 Å². The largest absolute Gasteiger partial charge is 0.477 e. The third-order valence-electron chi connectivity index (χ3n) is 2.29. The van der Waals surface area contributed by atoms with Gasteiger partial charge in [0.15, 0.2) is 0 Å². The maximum absolute atomic E-state index is 10.6. The number of carboxylic acids is 1. The van der Waals surface area contributed by atoms with E-state index in [2.05, 4.69) is 4.98 Å². The zero-order chi connectivity index (χ0) is 11.4. The fraction of sp³-hybridized carbons (Fsp3) is 0.0769. The minimum atomic E-state index is -0.994. The molecule has 0 saturated heterocycles. The van der Waals surface area contributed by atoms with Gasteiger partial charge in [-0.05, 0) is 23.6 Å². The molecule has 0 radical (unpaired) electrons. The van der Waals surface area contributed by atoms with Crippen LogP contribution in [0.2, 0.25) is 0 Å². The molecule has 3 nitrogen and oxygen atoms in total. The highest BCUT2D eigenvalue weighted by Crippen LogP contribution is 2.08. The van der Waals surface area contributed by atoms with Gasteiger partial charge in [0.2, 0.25) is 0 Å². The van der Waals surface area contributed by atoms with Gasteiger partial charge in [-0.3, -0.25) is 0 Å². The van der Waals surface area contributed by atoms with Crippen molar-refractivity contribution in [2.45, 2.75) is 6.42 Å². The number of aromatic carboxylic acids is 1. The van der Waals surface area contributed by atoms with E-state index in [1.54, 1.807) is 12.3 Å². The van der Waals surface area contributed by atoms with Crippen LogP contribution in [0.1, 0.15) is 21.6 Å². The van der Waals surface area contributed by atoms with E-state index in [9.17, 15) is 4.79 Å². The number of benzene rings is 1. The summed E-state index contributed by atoms with van der Waals surface area (Å²) < 4.78 is 0. The minimum absolute atomic E-state index is 0. The first-order chi connectivity index (χ1) is 7.75. The number of rotatable bonds is 3. The number of aromatic nitrogens is 1. The molecule has 1 heterocycles. The molecule has 1 aromatic carbocycles. The smallest absolute Gasteiger partial charge is 0.354 e. The number of hydrogen-bond donors (Lipinski definition) is 1. The average molecular weight is 250 g/mol. The predicted octanol–water partition coefficient (Wildman–Crippen LogP) is 2.79. The van der Waals surface area contributed by atoms with E-state index in [1.807, 2.05) is 30.3 Å². The molecule has 0 spiro atoms. The molecule has 17 heavy (non-hydrogen) atoms. The molecular weight excluding hydrogens is 238 g/mol. The van der Waals surface area contributed by atoms with E-state index in [0.29, 0.717) is 0 Å². The van der Waals surface area contributed by atoms with E-state index >= 15 is 0 Å². The van der Waals surface area contributed by atoms with Gasteiger partial charge in [-0.15, -0.1) is 12.4 Å². The Morgan fingerprint density at radius 2 is 1.76 bits per heavy atom. The van der Waals surface area contributed by atoms with Gasteiger partial charge in [-0.25, -0.2) is 9.78 Å². The second-order valence-electron chi connectivity index (χ2n) is 3.52. The summed E-state index contributed by atoms with van der Waals surface area (Å²) in [6.07, 6.45) is 2.38. The number of halogens is 1. The summed E-state index contributed by atoms with van der Waals surface area (Å²) in [6.45, 7) is 0. The van der Waals surface area contributed by atoms with Crippen LogP contribution in [0.5, 0.6) is 0 Å². The van der Waals surface area contributed by atoms with Crippen LogP contribution in [0.3, 0.4) is 0 Å². The SMILES string of the molecule is Cl.O=C(O)c1ccc(Cc2ccccc2)cn1. The summed E-state index contributed by atoms with van der Waals surface area (Å²) in [7, 11) is 0. The molecular formula is C13H12ClNO2. The third kappa shape index (κ3) is 3.57. The molecule has 0 bridgehead atoms. The number of nitrogens with zero attached hydrogens (tertiary/aromatic N) is 1. The zero-order valence-corrected chi connectivity index (χ0v) is 9.85. The van der Waals surface area contributed by atoms with Crippen LogP contribution < -0.4 is 0 Å². The molecule has 1 aromatic heterocycles. The first-order valence-corrected chi connectivity index (χ1v) is 4.98. The zero-order valence-electron chi connectivity index (χ0n) is 9.04. The summed E-state index contributed by atoms with van der Waals surface area (Å²) >= 11 is 0. The van der Waals surface area contributed by atoms with Crippen molar-refractivity contribution < 1.29 is 9.90 Å². The van der Waals surface area contributed by atoms with E-state index in [-0.39, 0.29) is 18.1 Å². The molecule has 4 heteroatoms. The molecule has 0 unspecified atom stereocenters. The molecule has 2 rings (SSSR count). The quantitative estimate of drug-likeness (QED) is 0.910. The highest BCUT2D eigenvalue weighted by atomic mass is 35.5. The molecule has 2 aromatic rings. The van der Waals surface area contributed by atoms with E-state index < -0.39 is 5.97 Å². The summed E-state index contributed by atoms with van der Waals surface area (Å²) in [5.41, 5.74) is 2.28. The Morgan fingerprint density at radius 1 is 1.06 bits per heavy atom. The van der Waals surface area contributed by atoms with Gasteiger partial charge in [0.05, 0.1) is 0 Å². The second-order valence-corrected chi connectivity index (χ2v) is 3.52. The molecule has 1 N–H and O–H groups in total. The number of pyridine rings is 1. The van der Waals surface area contributed by atoms with Crippen molar-refractivity contribution >= 4 is 18.4 Å². The Bertz CT molecular complexity index is 483.